The number of allylic oxidation sites excluding steroid dienone is 2. The number of nitrogens with zero attached hydrogens (tertiary/aromatic N) is 1. The van der Waals surface area contributed by atoms with Crippen LogP contribution in [0.5, 0.6) is 5.75 Å². The Kier molecular flexibility index (Phi) is 7.36. The van der Waals surface area contributed by atoms with Crippen molar-refractivity contribution >= 4 is 35.6 Å². The molecule has 6 heteroatoms. The maximum Gasteiger partial charge on any atom is 0.192 e. The van der Waals surface area contributed by atoms with Gasteiger partial charge in [0, 0.05) is 35.7 Å². The Hall–Kier alpha value is -0.823. The van der Waals surface area contributed by atoms with Crippen molar-refractivity contribution in [1.29, 1.82) is 0 Å². The van der Waals surface area contributed by atoms with Crippen molar-refractivity contribution in [2.45, 2.75) is 38.9 Å². The number of hydrogen-bond acceptors (Lipinski definition) is 5. The summed E-state index contributed by atoms with van der Waals surface area (Å²) < 4.78 is 12.3. The standard InChI is InChI=1S/C20H31NO2S2Si/c1-20(2,3)26(6,7)23-15-19-12-11-18(24-25-19)14-22-17-10-8-9-16(13-17)21(4)5/h8-13H,14-15H2,1-7H3. The molecule has 0 radical (unpaired) electrons. The summed E-state index contributed by atoms with van der Waals surface area (Å²) in [6, 6.07) is 8.17. The van der Waals surface area contributed by atoms with Crippen molar-refractivity contribution in [3.05, 3.63) is 46.2 Å². The van der Waals surface area contributed by atoms with E-state index in [0.717, 1.165) is 11.4 Å². The molecule has 0 aliphatic carbocycles. The molecular weight excluding hydrogens is 378 g/mol. The summed E-state index contributed by atoms with van der Waals surface area (Å²) in [6.45, 7) is 12.7. The first-order valence-electron chi connectivity index (χ1n) is 8.87. The second kappa shape index (κ2) is 8.91. The van der Waals surface area contributed by atoms with Gasteiger partial charge < -0.3 is 14.1 Å². The second-order valence-electron chi connectivity index (χ2n) is 8.16. The lowest BCUT2D eigenvalue weighted by atomic mass is 10.2. The molecule has 26 heavy (non-hydrogen) atoms. The number of anilines is 1. The van der Waals surface area contributed by atoms with Gasteiger partial charge in [-0.3, -0.25) is 0 Å². The topological polar surface area (TPSA) is 21.7 Å². The quantitative estimate of drug-likeness (QED) is 0.387. The van der Waals surface area contributed by atoms with Gasteiger partial charge in [0.25, 0.3) is 0 Å². The normalized spacial score (nSPS) is 15.3. The van der Waals surface area contributed by atoms with Crippen molar-refractivity contribution in [2.24, 2.45) is 0 Å². The van der Waals surface area contributed by atoms with Crippen molar-refractivity contribution in [3.63, 3.8) is 0 Å². The Morgan fingerprint density at radius 1 is 1.00 bits per heavy atom. The summed E-state index contributed by atoms with van der Waals surface area (Å²) in [5, 5.41) is 0.246. The molecular formula is C20H31NO2S2Si. The summed E-state index contributed by atoms with van der Waals surface area (Å²) in [5.74, 6) is 0.902. The van der Waals surface area contributed by atoms with Gasteiger partial charge >= 0.3 is 0 Å². The van der Waals surface area contributed by atoms with Crippen LogP contribution in [-0.4, -0.2) is 35.6 Å². The van der Waals surface area contributed by atoms with Crippen LogP contribution < -0.4 is 9.64 Å². The van der Waals surface area contributed by atoms with Gasteiger partial charge in [0.15, 0.2) is 8.32 Å². The zero-order valence-electron chi connectivity index (χ0n) is 17.0. The molecule has 0 N–H and O–H groups in total. The summed E-state index contributed by atoms with van der Waals surface area (Å²) >= 11 is 0. The van der Waals surface area contributed by atoms with Gasteiger partial charge in [0.2, 0.25) is 0 Å². The molecule has 0 fully saturated rings. The summed E-state index contributed by atoms with van der Waals surface area (Å²) in [5.41, 5.74) is 1.15. The van der Waals surface area contributed by atoms with E-state index in [0.29, 0.717) is 13.2 Å². The maximum absolute atomic E-state index is 6.30. The van der Waals surface area contributed by atoms with Crippen LogP contribution in [0.15, 0.2) is 46.2 Å². The molecule has 0 saturated carbocycles. The average Bonchev–Trinajstić information content (AvgIpc) is 2.58. The monoisotopic (exact) mass is 409 g/mol. The molecule has 1 aromatic carbocycles. The Morgan fingerprint density at radius 3 is 2.15 bits per heavy atom. The molecule has 2 rings (SSSR count). The van der Waals surface area contributed by atoms with Crippen LogP contribution in [0, 0.1) is 0 Å². The smallest absolute Gasteiger partial charge is 0.192 e. The van der Waals surface area contributed by atoms with E-state index >= 15 is 0 Å². The van der Waals surface area contributed by atoms with E-state index < -0.39 is 8.32 Å². The second-order valence-corrected chi connectivity index (χ2v) is 15.4. The van der Waals surface area contributed by atoms with E-state index in [-0.39, 0.29) is 5.04 Å². The predicted octanol–water partition coefficient (Wildman–Crippen LogP) is 6.32. The van der Waals surface area contributed by atoms with E-state index in [2.05, 4.69) is 63.0 Å². The van der Waals surface area contributed by atoms with Gasteiger partial charge in [0.1, 0.15) is 12.4 Å². The van der Waals surface area contributed by atoms with E-state index in [1.807, 2.05) is 26.2 Å². The maximum atomic E-state index is 6.30. The van der Waals surface area contributed by atoms with Gasteiger partial charge in [-0.2, -0.15) is 0 Å². The van der Waals surface area contributed by atoms with Crippen LogP contribution in [0.3, 0.4) is 0 Å². The number of ether oxygens (including phenoxy) is 1. The van der Waals surface area contributed by atoms with Gasteiger partial charge in [-0.15, -0.1) is 0 Å². The third-order valence-electron chi connectivity index (χ3n) is 4.81. The zero-order valence-corrected chi connectivity index (χ0v) is 19.6. The van der Waals surface area contributed by atoms with E-state index in [4.69, 9.17) is 9.16 Å². The minimum Gasteiger partial charge on any atom is -0.488 e. The Bertz CT molecular complexity index is 679. The molecule has 0 bridgehead atoms. The van der Waals surface area contributed by atoms with Crippen LogP contribution in [0.2, 0.25) is 18.1 Å². The molecule has 0 atom stereocenters. The van der Waals surface area contributed by atoms with Crippen LogP contribution in [0.25, 0.3) is 0 Å². The zero-order chi connectivity index (χ0) is 19.4. The average molecular weight is 410 g/mol. The molecule has 144 valence electrons. The Morgan fingerprint density at radius 2 is 1.62 bits per heavy atom. The Balaban J connectivity index is 1.87. The van der Waals surface area contributed by atoms with Gasteiger partial charge in [-0.1, -0.05) is 48.4 Å². The minimum atomic E-state index is -1.69. The molecule has 1 heterocycles. The van der Waals surface area contributed by atoms with Crippen LogP contribution in [-0.2, 0) is 4.43 Å². The molecule has 0 saturated heterocycles. The lowest BCUT2D eigenvalue weighted by molar-refractivity contribution is 0.325. The van der Waals surface area contributed by atoms with Gasteiger partial charge in [-0.25, -0.2) is 0 Å². The van der Waals surface area contributed by atoms with Crippen molar-refractivity contribution < 1.29 is 9.16 Å². The molecule has 1 aliphatic rings. The molecule has 0 aromatic heterocycles. The van der Waals surface area contributed by atoms with Crippen molar-refractivity contribution in [2.75, 3.05) is 32.2 Å². The van der Waals surface area contributed by atoms with Crippen molar-refractivity contribution in [3.8, 4) is 5.75 Å². The molecule has 0 unspecified atom stereocenters. The van der Waals surface area contributed by atoms with Gasteiger partial charge in [-0.05, 0) is 42.4 Å². The Labute approximate surface area is 167 Å². The van der Waals surface area contributed by atoms with Crippen LogP contribution in [0.1, 0.15) is 20.8 Å². The first-order chi connectivity index (χ1) is 12.1. The third-order valence-corrected chi connectivity index (χ3v) is 11.8. The van der Waals surface area contributed by atoms with Crippen molar-refractivity contribution in [1.82, 2.24) is 0 Å². The van der Waals surface area contributed by atoms with Crippen LogP contribution in [0.4, 0.5) is 5.69 Å². The highest BCUT2D eigenvalue weighted by Gasteiger charge is 2.37. The number of hydrogen-bond donors (Lipinski definition) is 0. The summed E-state index contributed by atoms with van der Waals surface area (Å²) in [7, 11) is 5.93. The first kappa shape index (κ1) is 21.5. The van der Waals surface area contributed by atoms with E-state index in [1.54, 1.807) is 21.6 Å². The van der Waals surface area contributed by atoms with E-state index in [1.165, 1.54) is 9.81 Å². The highest BCUT2D eigenvalue weighted by molar-refractivity contribution is 8.79. The minimum absolute atomic E-state index is 0.246. The molecule has 0 spiro atoms. The number of rotatable bonds is 7. The summed E-state index contributed by atoms with van der Waals surface area (Å²) in [6.07, 6.45) is 4.32. The SMILES string of the molecule is CN(C)c1cccc(OCC2=CC=C(CO[Si](C)(C)C(C)(C)C)SS2)c1. The molecule has 1 aromatic rings. The van der Waals surface area contributed by atoms with Crippen LogP contribution >= 0.6 is 21.6 Å². The molecule has 0 amide bonds. The highest BCUT2D eigenvalue weighted by atomic mass is 33.1. The predicted molar refractivity (Wildman–Crippen MR) is 121 cm³/mol. The summed E-state index contributed by atoms with van der Waals surface area (Å²) in [4.78, 5) is 4.58. The fourth-order valence-corrected chi connectivity index (χ4v) is 4.96. The lowest BCUT2D eigenvalue weighted by Crippen LogP contribution is -2.41. The molecule has 1 aliphatic heterocycles. The third kappa shape index (κ3) is 6.11. The fraction of sp³-hybridized carbons (Fsp3) is 0.500. The van der Waals surface area contributed by atoms with E-state index in [9.17, 15) is 0 Å². The lowest BCUT2D eigenvalue weighted by Gasteiger charge is -2.36. The molecule has 3 nitrogen and oxygen atoms in total. The highest BCUT2D eigenvalue weighted by Crippen LogP contribution is 2.42. The number of benzene rings is 1. The van der Waals surface area contributed by atoms with Gasteiger partial charge in [0.05, 0.1) is 6.61 Å². The fourth-order valence-electron chi connectivity index (χ4n) is 1.97. The largest absolute Gasteiger partial charge is 0.488 e. The first-order valence-corrected chi connectivity index (χ1v) is 13.9.